The van der Waals surface area contributed by atoms with Crippen molar-refractivity contribution in [2.75, 3.05) is 0 Å². The zero-order valence-electron chi connectivity index (χ0n) is 11.1. The molecule has 0 radical (unpaired) electrons. The van der Waals surface area contributed by atoms with Crippen molar-refractivity contribution in [1.29, 1.82) is 0 Å². The molecule has 0 amide bonds. The number of fused-ring (bicyclic) bond motifs is 1. The fourth-order valence-electron chi connectivity index (χ4n) is 2.23. The molecule has 4 heteroatoms. The average molecular weight is 287 g/mol. The molecule has 0 aliphatic carbocycles. The summed E-state index contributed by atoms with van der Waals surface area (Å²) in [5, 5.41) is 1.16. The highest BCUT2D eigenvalue weighted by atomic mass is 35.5. The van der Waals surface area contributed by atoms with Gasteiger partial charge in [-0.25, -0.2) is 14.4 Å². The third-order valence-corrected chi connectivity index (χ3v) is 3.52. The summed E-state index contributed by atoms with van der Waals surface area (Å²) in [5.41, 5.74) is 3.05. The molecule has 0 atom stereocenters. The molecule has 20 heavy (non-hydrogen) atoms. The summed E-state index contributed by atoms with van der Waals surface area (Å²) in [7, 11) is 0. The van der Waals surface area contributed by atoms with Crippen molar-refractivity contribution in [3.05, 3.63) is 58.5 Å². The number of benzene rings is 2. The van der Waals surface area contributed by atoms with Gasteiger partial charge >= 0.3 is 0 Å². The number of halogens is 2. The molecular weight excluding hydrogens is 275 g/mol. The molecule has 0 aliphatic rings. The summed E-state index contributed by atoms with van der Waals surface area (Å²) in [6, 6.07) is 10.6. The summed E-state index contributed by atoms with van der Waals surface area (Å²) in [5.74, 6) is -0.0343. The van der Waals surface area contributed by atoms with Gasteiger partial charge in [-0.05, 0) is 37.6 Å². The maximum absolute atomic E-state index is 13.9. The van der Waals surface area contributed by atoms with Gasteiger partial charge in [0.2, 0.25) is 0 Å². The van der Waals surface area contributed by atoms with E-state index in [1.165, 1.54) is 6.07 Å². The highest BCUT2D eigenvalue weighted by Gasteiger charge is 2.13. The van der Waals surface area contributed by atoms with Gasteiger partial charge < -0.3 is 0 Å². The normalized spacial score (nSPS) is 11.0. The maximum atomic E-state index is 13.9. The van der Waals surface area contributed by atoms with Crippen LogP contribution in [0.1, 0.15) is 11.1 Å². The van der Waals surface area contributed by atoms with Crippen LogP contribution in [0.2, 0.25) is 5.15 Å². The lowest BCUT2D eigenvalue weighted by Gasteiger charge is -2.08. The van der Waals surface area contributed by atoms with Gasteiger partial charge in [-0.3, -0.25) is 0 Å². The Bertz CT molecular complexity index is 815. The first-order chi connectivity index (χ1) is 9.56. The van der Waals surface area contributed by atoms with Gasteiger partial charge in [0.25, 0.3) is 0 Å². The lowest BCUT2D eigenvalue weighted by atomic mass is 10.1. The van der Waals surface area contributed by atoms with Crippen molar-refractivity contribution in [3.63, 3.8) is 0 Å². The quantitative estimate of drug-likeness (QED) is 0.606. The highest BCUT2D eigenvalue weighted by molar-refractivity contribution is 6.34. The van der Waals surface area contributed by atoms with Crippen molar-refractivity contribution in [3.8, 4) is 11.4 Å². The molecule has 0 fully saturated rings. The number of nitrogens with zero attached hydrogens (tertiary/aromatic N) is 2. The number of hydrogen-bond acceptors (Lipinski definition) is 2. The van der Waals surface area contributed by atoms with Crippen LogP contribution in [0, 0.1) is 19.7 Å². The van der Waals surface area contributed by atoms with E-state index in [1.807, 2.05) is 32.0 Å². The molecule has 100 valence electrons. The largest absolute Gasteiger partial charge is 0.228 e. The Labute approximate surface area is 121 Å². The lowest BCUT2D eigenvalue weighted by Crippen LogP contribution is -1.96. The molecule has 0 unspecified atom stereocenters. The smallest absolute Gasteiger partial charge is 0.164 e. The summed E-state index contributed by atoms with van der Waals surface area (Å²) in [6.45, 7) is 3.85. The Balaban J connectivity index is 2.30. The van der Waals surface area contributed by atoms with Crippen LogP contribution in [0.5, 0.6) is 0 Å². The Hall–Kier alpha value is -2.00. The van der Waals surface area contributed by atoms with Gasteiger partial charge in [-0.2, -0.15) is 0 Å². The van der Waals surface area contributed by atoms with Gasteiger partial charge in [0.1, 0.15) is 11.0 Å². The lowest BCUT2D eigenvalue weighted by molar-refractivity contribution is 0.629. The molecule has 3 aromatic rings. The van der Waals surface area contributed by atoms with Crippen molar-refractivity contribution < 1.29 is 4.39 Å². The average Bonchev–Trinajstić information content (AvgIpc) is 2.41. The van der Waals surface area contributed by atoms with E-state index >= 15 is 0 Å². The summed E-state index contributed by atoms with van der Waals surface area (Å²) in [6.07, 6.45) is 0. The molecule has 1 heterocycles. The van der Waals surface area contributed by atoms with E-state index in [0.717, 1.165) is 22.0 Å². The van der Waals surface area contributed by atoms with Crippen LogP contribution in [-0.2, 0) is 0 Å². The zero-order chi connectivity index (χ0) is 14.3. The minimum absolute atomic E-state index is 0.314. The Morgan fingerprint density at radius 2 is 1.85 bits per heavy atom. The second-order valence-corrected chi connectivity index (χ2v) is 5.15. The van der Waals surface area contributed by atoms with Crippen molar-refractivity contribution >= 4 is 22.5 Å². The second-order valence-electron chi connectivity index (χ2n) is 4.79. The number of rotatable bonds is 1. The highest BCUT2D eigenvalue weighted by Crippen LogP contribution is 2.28. The number of hydrogen-bond donors (Lipinski definition) is 0. The molecule has 0 N–H and O–H groups in total. The van der Waals surface area contributed by atoms with Crippen LogP contribution in [0.25, 0.3) is 22.3 Å². The molecule has 0 spiro atoms. The summed E-state index contributed by atoms with van der Waals surface area (Å²) in [4.78, 5) is 8.68. The van der Waals surface area contributed by atoms with Crippen molar-refractivity contribution in [2.24, 2.45) is 0 Å². The molecule has 0 saturated carbocycles. The van der Waals surface area contributed by atoms with Crippen LogP contribution < -0.4 is 0 Å². The van der Waals surface area contributed by atoms with E-state index in [0.29, 0.717) is 16.5 Å². The number of aryl methyl sites for hydroxylation is 2. The first kappa shape index (κ1) is 13.0. The Morgan fingerprint density at radius 1 is 1.05 bits per heavy atom. The van der Waals surface area contributed by atoms with E-state index in [1.54, 1.807) is 12.1 Å². The van der Waals surface area contributed by atoms with Crippen molar-refractivity contribution in [1.82, 2.24) is 9.97 Å². The zero-order valence-corrected chi connectivity index (χ0v) is 11.9. The molecule has 0 saturated heterocycles. The minimum atomic E-state index is -0.348. The van der Waals surface area contributed by atoms with Gasteiger partial charge in [0.05, 0.1) is 11.1 Å². The monoisotopic (exact) mass is 286 g/mol. The standard InChI is InChI=1S/C16H12ClFN2/c1-9-6-7-12(18)11(8-9)16-19-13-5-3-4-10(2)14(13)15(17)20-16/h3-8H,1-2H3. The fourth-order valence-corrected chi connectivity index (χ4v) is 2.56. The van der Waals surface area contributed by atoms with Crippen LogP contribution in [0.3, 0.4) is 0 Å². The van der Waals surface area contributed by atoms with Crippen LogP contribution in [0.15, 0.2) is 36.4 Å². The van der Waals surface area contributed by atoms with Crippen molar-refractivity contribution in [2.45, 2.75) is 13.8 Å². The van der Waals surface area contributed by atoms with Crippen LogP contribution >= 0.6 is 11.6 Å². The molecule has 1 aromatic heterocycles. The van der Waals surface area contributed by atoms with E-state index in [4.69, 9.17) is 11.6 Å². The topological polar surface area (TPSA) is 25.8 Å². The summed E-state index contributed by atoms with van der Waals surface area (Å²) >= 11 is 6.24. The molecule has 0 aliphatic heterocycles. The van der Waals surface area contributed by atoms with E-state index in [2.05, 4.69) is 9.97 Å². The van der Waals surface area contributed by atoms with Crippen LogP contribution in [0.4, 0.5) is 4.39 Å². The van der Waals surface area contributed by atoms with E-state index in [9.17, 15) is 4.39 Å². The first-order valence-corrected chi connectivity index (χ1v) is 6.63. The predicted molar refractivity (Wildman–Crippen MR) is 79.4 cm³/mol. The fraction of sp³-hybridized carbons (Fsp3) is 0.125. The molecule has 0 bridgehead atoms. The number of aromatic nitrogens is 2. The van der Waals surface area contributed by atoms with Crippen LogP contribution in [-0.4, -0.2) is 9.97 Å². The SMILES string of the molecule is Cc1ccc(F)c(-c2nc(Cl)c3c(C)cccc3n2)c1. The molecule has 3 rings (SSSR count). The van der Waals surface area contributed by atoms with Gasteiger partial charge in [-0.1, -0.05) is 35.4 Å². The van der Waals surface area contributed by atoms with E-state index in [-0.39, 0.29) is 5.82 Å². The summed E-state index contributed by atoms with van der Waals surface area (Å²) < 4.78 is 13.9. The van der Waals surface area contributed by atoms with Gasteiger partial charge in [0, 0.05) is 5.39 Å². The minimum Gasteiger partial charge on any atom is -0.228 e. The maximum Gasteiger partial charge on any atom is 0.164 e. The molecule has 2 nitrogen and oxygen atoms in total. The van der Waals surface area contributed by atoms with E-state index < -0.39 is 0 Å². The molecular formula is C16H12ClFN2. The van der Waals surface area contributed by atoms with Gasteiger partial charge in [-0.15, -0.1) is 0 Å². The second kappa shape index (κ2) is 4.84. The third-order valence-electron chi connectivity index (χ3n) is 3.25. The predicted octanol–water partition coefficient (Wildman–Crippen LogP) is 4.71. The third kappa shape index (κ3) is 2.14. The Kier molecular flexibility index (Phi) is 3.14. The molecule has 2 aromatic carbocycles. The first-order valence-electron chi connectivity index (χ1n) is 6.25. The Morgan fingerprint density at radius 3 is 2.65 bits per heavy atom. The van der Waals surface area contributed by atoms with Gasteiger partial charge in [0.15, 0.2) is 5.82 Å².